The third-order valence-corrected chi connectivity index (χ3v) is 4.37. The molecule has 1 fully saturated rings. The van der Waals surface area contributed by atoms with Gasteiger partial charge in [0.15, 0.2) is 5.82 Å². The largest absolute Gasteiger partial charge is 0.497 e. The summed E-state index contributed by atoms with van der Waals surface area (Å²) in [6.45, 7) is 3.48. The van der Waals surface area contributed by atoms with Gasteiger partial charge in [0.2, 0.25) is 0 Å². The Bertz CT molecular complexity index is 779. The maximum atomic E-state index is 13.1. The van der Waals surface area contributed by atoms with Crippen LogP contribution in [-0.2, 0) is 4.79 Å². The van der Waals surface area contributed by atoms with Crippen molar-refractivity contribution in [2.75, 3.05) is 27.2 Å². The van der Waals surface area contributed by atoms with E-state index in [2.05, 4.69) is 20.8 Å². The number of carbonyl (C=O) groups is 1. The maximum absolute atomic E-state index is 13.1. The lowest BCUT2D eigenvalue weighted by Crippen LogP contribution is -2.39. The summed E-state index contributed by atoms with van der Waals surface area (Å²) in [5.41, 5.74) is 1.25. The molecule has 25 heavy (non-hydrogen) atoms. The summed E-state index contributed by atoms with van der Waals surface area (Å²) < 4.78 is 6.73. The van der Waals surface area contributed by atoms with Crippen LogP contribution in [0.15, 0.2) is 24.3 Å². The first-order valence-electron chi connectivity index (χ1n) is 8.19. The first-order valence-corrected chi connectivity index (χ1v) is 8.19. The fourth-order valence-electron chi connectivity index (χ4n) is 2.87. The fraction of sp³-hybridized carbons (Fsp3) is 0.412. The Balaban J connectivity index is 1.99. The van der Waals surface area contributed by atoms with Crippen molar-refractivity contribution < 1.29 is 9.53 Å². The molecule has 2 aromatic rings. The van der Waals surface area contributed by atoms with E-state index in [0.29, 0.717) is 11.5 Å². The van der Waals surface area contributed by atoms with Gasteiger partial charge in [-0.1, -0.05) is 12.1 Å². The molecule has 1 saturated heterocycles. The zero-order valence-electron chi connectivity index (χ0n) is 14.6. The second kappa shape index (κ2) is 7.43. The molecule has 1 aliphatic heterocycles. The van der Waals surface area contributed by atoms with E-state index >= 15 is 0 Å². The summed E-state index contributed by atoms with van der Waals surface area (Å²) in [4.78, 5) is 14.9. The van der Waals surface area contributed by atoms with Crippen LogP contribution in [0, 0.1) is 6.92 Å². The zero-order valence-corrected chi connectivity index (χ0v) is 14.6. The lowest BCUT2D eigenvalue weighted by Gasteiger charge is -2.25. The molecule has 8 nitrogen and oxygen atoms in total. The van der Waals surface area contributed by atoms with Crippen LogP contribution >= 0.6 is 0 Å². The van der Waals surface area contributed by atoms with Gasteiger partial charge in [0.25, 0.3) is 5.91 Å². The Labute approximate surface area is 146 Å². The lowest BCUT2D eigenvalue weighted by atomic mass is 10.1. The number of hydrogen-bond donors (Lipinski definition) is 1. The average molecular weight is 342 g/mol. The van der Waals surface area contributed by atoms with Gasteiger partial charge < -0.3 is 15.0 Å². The van der Waals surface area contributed by atoms with E-state index in [1.165, 1.54) is 4.68 Å². The molecule has 132 valence electrons. The number of aromatic nitrogens is 4. The van der Waals surface area contributed by atoms with Crippen LogP contribution in [0.1, 0.15) is 17.8 Å². The molecule has 0 unspecified atom stereocenters. The third kappa shape index (κ3) is 3.69. The number of tetrazole rings is 1. The molecule has 1 aliphatic rings. The predicted molar refractivity (Wildman–Crippen MR) is 93.8 cm³/mol. The SMILES string of the molecule is COc1cccc(/C=C(/C(=O)N(C)[C@H]2CCNC2)n2nnnc2C)c1. The molecule has 0 aliphatic carbocycles. The Kier molecular flexibility index (Phi) is 5.08. The molecule has 1 atom stereocenters. The highest BCUT2D eigenvalue weighted by atomic mass is 16.5. The number of likely N-dealkylation sites (N-methyl/N-ethyl adjacent to an activating group) is 1. The van der Waals surface area contributed by atoms with Crippen molar-refractivity contribution in [3.8, 4) is 5.75 Å². The molecule has 0 radical (unpaired) electrons. The number of methoxy groups -OCH3 is 1. The molecule has 1 N–H and O–H groups in total. The number of ether oxygens (including phenoxy) is 1. The normalized spacial score (nSPS) is 17.6. The van der Waals surface area contributed by atoms with Gasteiger partial charge in [0.1, 0.15) is 11.4 Å². The molecule has 3 rings (SSSR count). The number of carbonyl (C=O) groups excluding carboxylic acids is 1. The van der Waals surface area contributed by atoms with E-state index in [-0.39, 0.29) is 11.9 Å². The van der Waals surface area contributed by atoms with Gasteiger partial charge in [-0.3, -0.25) is 4.79 Å². The number of benzene rings is 1. The van der Waals surface area contributed by atoms with Gasteiger partial charge in [-0.25, -0.2) is 0 Å². The Morgan fingerprint density at radius 1 is 1.48 bits per heavy atom. The van der Waals surface area contributed by atoms with Crippen LogP contribution in [-0.4, -0.2) is 64.3 Å². The number of hydrogen-bond acceptors (Lipinski definition) is 6. The van der Waals surface area contributed by atoms with Crippen LogP contribution in [0.4, 0.5) is 0 Å². The monoisotopic (exact) mass is 342 g/mol. The summed E-state index contributed by atoms with van der Waals surface area (Å²) in [7, 11) is 3.43. The van der Waals surface area contributed by atoms with E-state index in [1.807, 2.05) is 31.3 Å². The molecule has 0 saturated carbocycles. The van der Waals surface area contributed by atoms with Gasteiger partial charge in [0, 0.05) is 19.6 Å². The second-order valence-electron chi connectivity index (χ2n) is 6.01. The Morgan fingerprint density at radius 2 is 2.32 bits per heavy atom. The number of aryl methyl sites for hydroxylation is 1. The zero-order chi connectivity index (χ0) is 17.8. The quantitative estimate of drug-likeness (QED) is 0.810. The minimum atomic E-state index is -0.119. The van der Waals surface area contributed by atoms with E-state index < -0.39 is 0 Å². The van der Waals surface area contributed by atoms with Gasteiger partial charge >= 0.3 is 0 Å². The molecule has 1 aromatic heterocycles. The van der Waals surface area contributed by atoms with Crippen LogP contribution in [0.2, 0.25) is 0 Å². The minimum absolute atomic E-state index is 0.119. The summed E-state index contributed by atoms with van der Waals surface area (Å²) >= 11 is 0. The van der Waals surface area contributed by atoms with E-state index in [0.717, 1.165) is 30.8 Å². The lowest BCUT2D eigenvalue weighted by molar-refractivity contribution is -0.125. The molecule has 8 heteroatoms. The smallest absolute Gasteiger partial charge is 0.272 e. The molecular weight excluding hydrogens is 320 g/mol. The highest BCUT2D eigenvalue weighted by Crippen LogP contribution is 2.20. The first kappa shape index (κ1) is 17.1. The predicted octanol–water partition coefficient (Wildman–Crippen LogP) is 0.809. The first-order chi connectivity index (χ1) is 12.1. The van der Waals surface area contributed by atoms with Gasteiger partial charge in [-0.2, -0.15) is 4.68 Å². The molecule has 1 aromatic carbocycles. The van der Waals surface area contributed by atoms with Gasteiger partial charge in [-0.05, 0) is 54.1 Å². The Hall–Kier alpha value is -2.74. The van der Waals surface area contributed by atoms with Crippen molar-refractivity contribution in [1.29, 1.82) is 0 Å². The molecule has 2 heterocycles. The highest BCUT2D eigenvalue weighted by Gasteiger charge is 2.27. The van der Waals surface area contributed by atoms with Crippen LogP contribution in [0.25, 0.3) is 11.8 Å². The van der Waals surface area contributed by atoms with Gasteiger partial charge in [-0.15, -0.1) is 5.10 Å². The standard InChI is InChI=1S/C17H22N6O2/c1-12-19-20-21-23(12)16(10-13-5-4-6-15(9-13)25-3)17(24)22(2)14-7-8-18-11-14/h4-6,9-10,14,18H,7-8,11H2,1-3H3/b16-10-/t14-/m0/s1. The second-order valence-corrected chi connectivity index (χ2v) is 6.01. The van der Waals surface area contributed by atoms with Crippen LogP contribution in [0.5, 0.6) is 5.75 Å². The van der Waals surface area contributed by atoms with Gasteiger partial charge in [0.05, 0.1) is 7.11 Å². The molecule has 1 amide bonds. The molecule has 0 bridgehead atoms. The molecule has 0 spiro atoms. The fourth-order valence-corrected chi connectivity index (χ4v) is 2.87. The number of nitrogens with one attached hydrogen (secondary N) is 1. The molecular formula is C17H22N6O2. The minimum Gasteiger partial charge on any atom is -0.497 e. The van der Waals surface area contributed by atoms with E-state index in [9.17, 15) is 4.79 Å². The van der Waals surface area contributed by atoms with E-state index in [4.69, 9.17) is 4.74 Å². The van der Waals surface area contributed by atoms with Crippen molar-refractivity contribution >= 4 is 17.7 Å². The topological polar surface area (TPSA) is 85.2 Å². The summed E-state index contributed by atoms with van der Waals surface area (Å²) in [6, 6.07) is 7.68. The third-order valence-electron chi connectivity index (χ3n) is 4.37. The number of rotatable bonds is 5. The van der Waals surface area contributed by atoms with Crippen molar-refractivity contribution in [3.05, 3.63) is 35.7 Å². The van der Waals surface area contributed by atoms with Crippen molar-refractivity contribution in [2.24, 2.45) is 0 Å². The van der Waals surface area contributed by atoms with Crippen molar-refractivity contribution in [2.45, 2.75) is 19.4 Å². The van der Waals surface area contributed by atoms with E-state index in [1.54, 1.807) is 25.0 Å². The van der Waals surface area contributed by atoms with Crippen LogP contribution in [0.3, 0.4) is 0 Å². The Morgan fingerprint density at radius 3 is 2.96 bits per heavy atom. The highest BCUT2D eigenvalue weighted by molar-refractivity contribution is 6.18. The summed E-state index contributed by atoms with van der Waals surface area (Å²) in [5.74, 6) is 1.16. The summed E-state index contributed by atoms with van der Waals surface area (Å²) in [6.07, 6.45) is 2.72. The maximum Gasteiger partial charge on any atom is 0.272 e. The van der Waals surface area contributed by atoms with Crippen molar-refractivity contribution in [3.63, 3.8) is 0 Å². The number of nitrogens with zero attached hydrogens (tertiary/aromatic N) is 5. The van der Waals surface area contributed by atoms with Crippen LogP contribution < -0.4 is 10.1 Å². The number of amides is 1. The summed E-state index contributed by atoms with van der Waals surface area (Å²) in [5, 5.41) is 14.8. The van der Waals surface area contributed by atoms with Crippen molar-refractivity contribution in [1.82, 2.24) is 30.4 Å². The average Bonchev–Trinajstić information content (AvgIpc) is 3.30.